The number of carbonyl (C=O) groups excluding carboxylic acids is 1. The van der Waals surface area contributed by atoms with E-state index in [9.17, 15) is 27.9 Å². The summed E-state index contributed by atoms with van der Waals surface area (Å²) in [6, 6.07) is 13.0. The van der Waals surface area contributed by atoms with Gasteiger partial charge in [0.2, 0.25) is 5.82 Å². The number of benzene rings is 2. The third-order valence-corrected chi connectivity index (χ3v) is 6.27. The molecular weight excluding hydrogens is 535 g/mol. The van der Waals surface area contributed by atoms with E-state index in [0.29, 0.717) is 20.8 Å². The summed E-state index contributed by atoms with van der Waals surface area (Å²) in [6.45, 7) is -1.47. The van der Waals surface area contributed by atoms with Gasteiger partial charge in [-0.15, -0.1) is 22.0 Å². The largest absolute Gasteiger partial charge is 0.416 e. The number of amides is 1. The number of aliphatic hydroxyl groups is 1. The lowest BCUT2D eigenvalue weighted by Gasteiger charge is -2.15. The van der Waals surface area contributed by atoms with Crippen LogP contribution < -0.4 is 11.4 Å². The van der Waals surface area contributed by atoms with Crippen molar-refractivity contribution in [2.24, 2.45) is 5.73 Å². The van der Waals surface area contributed by atoms with Crippen LogP contribution in [0.15, 0.2) is 58.2 Å². The zero-order chi connectivity index (χ0) is 26.9. The zero-order valence-corrected chi connectivity index (χ0v) is 20.6. The van der Waals surface area contributed by atoms with Crippen LogP contribution in [0.1, 0.15) is 16.4 Å². The number of primary amides is 1. The summed E-state index contributed by atoms with van der Waals surface area (Å²) < 4.78 is 42.0. The van der Waals surface area contributed by atoms with Crippen molar-refractivity contribution in [3.05, 3.63) is 75.7 Å². The molecule has 194 valence electrons. The summed E-state index contributed by atoms with van der Waals surface area (Å²) >= 11 is 7.30. The van der Waals surface area contributed by atoms with E-state index in [1.807, 2.05) is 12.3 Å². The van der Waals surface area contributed by atoms with Crippen LogP contribution in [-0.2, 0) is 13.1 Å². The van der Waals surface area contributed by atoms with Crippen molar-refractivity contribution in [3.8, 4) is 17.1 Å². The Labute approximate surface area is 216 Å². The van der Waals surface area contributed by atoms with Crippen LogP contribution in [0, 0.1) is 0 Å². The van der Waals surface area contributed by atoms with Crippen molar-refractivity contribution in [2.75, 3.05) is 6.26 Å². The zero-order valence-electron chi connectivity index (χ0n) is 19.1. The topological polar surface area (TPSA) is 134 Å². The van der Waals surface area contributed by atoms with Gasteiger partial charge >= 0.3 is 11.9 Å². The molecule has 0 aliphatic rings. The second kappa shape index (κ2) is 10.4. The number of hydrogen-bond acceptors (Lipinski definition) is 7. The van der Waals surface area contributed by atoms with Gasteiger partial charge in [-0.25, -0.2) is 19.1 Å². The first-order valence-electron chi connectivity index (χ1n) is 10.6. The molecule has 0 unspecified atom stereocenters. The van der Waals surface area contributed by atoms with Gasteiger partial charge in [0.1, 0.15) is 6.54 Å². The van der Waals surface area contributed by atoms with Crippen molar-refractivity contribution in [3.63, 3.8) is 0 Å². The van der Waals surface area contributed by atoms with Gasteiger partial charge in [0.15, 0.2) is 17.8 Å². The third-order valence-electron chi connectivity index (χ3n) is 5.23. The molecule has 37 heavy (non-hydrogen) atoms. The molecule has 0 bridgehead atoms. The number of hydrogen-bond donors (Lipinski definition) is 2. The first-order chi connectivity index (χ1) is 17.5. The van der Waals surface area contributed by atoms with Crippen molar-refractivity contribution < 1.29 is 23.1 Å². The first kappa shape index (κ1) is 26.4. The van der Waals surface area contributed by atoms with Crippen LogP contribution in [-0.4, -0.2) is 58.7 Å². The van der Waals surface area contributed by atoms with Gasteiger partial charge < -0.3 is 10.8 Å². The molecule has 0 fully saturated rings. The maximum Gasteiger partial charge on any atom is 0.416 e. The summed E-state index contributed by atoms with van der Waals surface area (Å²) in [6.07, 6.45) is -5.93. The highest BCUT2D eigenvalue weighted by molar-refractivity contribution is 7.98. The second-order valence-electron chi connectivity index (χ2n) is 7.74. The molecule has 2 heterocycles. The van der Waals surface area contributed by atoms with Crippen molar-refractivity contribution in [2.45, 2.75) is 30.3 Å². The highest BCUT2D eigenvalue weighted by Crippen LogP contribution is 2.25. The monoisotopic (exact) mass is 553 g/mol. The molecule has 15 heteroatoms. The molecule has 1 atom stereocenters. The van der Waals surface area contributed by atoms with Crippen molar-refractivity contribution in [1.29, 1.82) is 0 Å². The standard InChI is InChI=1S/C22H19ClF3N7O3S/c1-37-15-5-3-2-4-14(15)33-20(18(27)35)28-17(29-33)11-32-21(36)31(10-16(34)22(24,25)26)19(30-32)12-6-8-13(23)9-7-12/h2-9,16,34H,10-11H2,1H3,(H2,27,35)/t16-/m0/s1. The first-order valence-corrected chi connectivity index (χ1v) is 12.2. The molecule has 10 nitrogen and oxygen atoms in total. The second-order valence-corrected chi connectivity index (χ2v) is 9.02. The van der Waals surface area contributed by atoms with Crippen LogP contribution in [0.25, 0.3) is 17.1 Å². The van der Waals surface area contributed by atoms with Crippen LogP contribution in [0.5, 0.6) is 0 Å². The Morgan fingerprint density at radius 2 is 1.84 bits per heavy atom. The minimum absolute atomic E-state index is 0.0320. The highest BCUT2D eigenvalue weighted by Gasteiger charge is 2.39. The molecule has 0 spiro atoms. The van der Waals surface area contributed by atoms with Crippen LogP contribution in [0.4, 0.5) is 13.2 Å². The predicted octanol–water partition coefficient (Wildman–Crippen LogP) is 2.74. The molecule has 2 aromatic carbocycles. The third kappa shape index (κ3) is 5.55. The summed E-state index contributed by atoms with van der Waals surface area (Å²) in [5.74, 6) is -1.24. The summed E-state index contributed by atoms with van der Waals surface area (Å²) in [7, 11) is 0. The maximum absolute atomic E-state index is 13.1. The molecule has 0 saturated carbocycles. The van der Waals surface area contributed by atoms with E-state index < -0.39 is 30.4 Å². The number of halogens is 4. The van der Waals surface area contributed by atoms with E-state index in [4.69, 9.17) is 17.3 Å². The van der Waals surface area contributed by atoms with Crippen molar-refractivity contribution in [1.82, 2.24) is 29.1 Å². The lowest BCUT2D eigenvalue weighted by molar-refractivity contribution is -0.207. The number of para-hydroxylation sites is 1. The Bertz CT molecular complexity index is 1500. The van der Waals surface area contributed by atoms with E-state index in [1.54, 1.807) is 18.2 Å². The molecule has 4 aromatic rings. The summed E-state index contributed by atoms with van der Waals surface area (Å²) in [4.78, 5) is 30.1. The molecule has 0 radical (unpaired) electrons. The molecule has 4 rings (SSSR count). The SMILES string of the molecule is CSc1ccccc1-n1nc(Cn2nc(-c3ccc(Cl)cc3)n(C[C@H](O)C(F)(F)F)c2=O)nc1C(N)=O. The Balaban J connectivity index is 1.79. The fourth-order valence-electron chi connectivity index (χ4n) is 3.49. The predicted molar refractivity (Wildman–Crippen MR) is 130 cm³/mol. The Kier molecular flexibility index (Phi) is 7.43. The fraction of sp³-hybridized carbons (Fsp3) is 0.227. The van der Waals surface area contributed by atoms with Crippen LogP contribution >= 0.6 is 23.4 Å². The number of nitrogens with two attached hydrogens (primary N) is 1. The number of aromatic nitrogens is 6. The Morgan fingerprint density at radius 1 is 1.16 bits per heavy atom. The normalized spacial score (nSPS) is 12.6. The van der Waals surface area contributed by atoms with E-state index in [1.165, 1.54) is 40.7 Å². The lowest BCUT2D eigenvalue weighted by Crippen LogP contribution is -2.37. The molecule has 0 saturated heterocycles. The van der Waals surface area contributed by atoms with Gasteiger partial charge in [-0.05, 0) is 42.7 Å². The van der Waals surface area contributed by atoms with Gasteiger partial charge in [-0.3, -0.25) is 9.36 Å². The van der Waals surface area contributed by atoms with Gasteiger partial charge in [-0.2, -0.15) is 13.2 Å². The summed E-state index contributed by atoms with van der Waals surface area (Å²) in [5.41, 5.74) is 5.36. The number of carbonyl (C=O) groups is 1. The maximum atomic E-state index is 13.1. The highest BCUT2D eigenvalue weighted by atomic mass is 35.5. The smallest absolute Gasteiger partial charge is 0.382 e. The quantitative estimate of drug-likeness (QED) is 0.320. The minimum atomic E-state index is -4.96. The van der Waals surface area contributed by atoms with Gasteiger partial charge in [-0.1, -0.05) is 23.7 Å². The van der Waals surface area contributed by atoms with E-state index >= 15 is 0 Å². The molecular formula is C22H19ClF3N7O3S. The Morgan fingerprint density at radius 3 is 2.46 bits per heavy atom. The van der Waals surface area contributed by atoms with E-state index in [-0.39, 0.29) is 24.0 Å². The van der Waals surface area contributed by atoms with E-state index in [0.717, 1.165) is 9.58 Å². The Hall–Kier alpha value is -3.62. The molecule has 0 aliphatic carbocycles. The number of nitrogens with zero attached hydrogens (tertiary/aromatic N) is 6. The average molecular weight is 554 g/mol. The van der Waals surface area contributed by atoms with Gasteiger partial charge in [0.25, 0.3) is 5.91 Å². The van der Waals surface area contributed by atoms with Gasteiger partial charge in [0.05, 0.1) is 12.2 Å². The number of thioether (sulfide) groups is 1. The summed E-state index contributed by atoms with van der Waals surface area (Å²) in [5, 5.41) is 18.5. The molecule has 3 N–H and O–H groups in total. The van der Waals surface area contributed by atoms with Crippen molar-refractivity contribution >= 4 is 29.3 Å². The molecule has 1 amide bonds. The minimum Gasteiger partial charge on any atom is -0.382 e. The molecule has 2 aromatic heterocycles. The van der Waals surface area contributed by atoms with Gasteiger partial charge in [0, 0.05) is 15.5 Å². The lowest BCUT2D eigenvalue weighted by atomic mass is 10.2. The number of aliphatic hydroxyl groups excluding tert-OH is 1. The average Bonchev–Trinajstić information content (AvgIpc) is 3.41. The van der Waals surface area contributed by atoms with Crippen LogP contribution in [0.2, 0.25) is 5.02 Å². The fourth-order valence-corrected chi connectivity index (χ4v) is 4.19. The number of rotatable bonds is 8. The van der Waals surface area contributed by atoms with Crippen LogP contribution in [0.3, 0.4) is 0 Å². The van der Waals surface area contributed by atoms with E-state index in [2.05, 4.69) is 15.2 Å². The molecule has 0 aliphatic heterocycles. The number of alkyl halides is 3.